The van der Waals surface area contributed by atoms with Crippen LogP contribution in [0.2, 0.25) is 0 Å². The van der Waals surface area contributed by atoms with Gasteiger partial charge in [-0.25, -0.2) is 4.98 Å². The van der Waals surface area contributed by atoms with Gasteiger partial charge in [-0.3, -0.25) is 4.40 Å². The Labute approximate surface area is 98.9 Å². The van der Waals surface area contributed by atoms with Crippen LogP contribution in [-0.2, 0) is 0 Å². The molecule has 0 aliphatic carbocycles. The van der Waals surface area contributed by atoms with Gasteiger partial charge in [0.15, 0.2) is 5.82 Å². The number of rotatable bonds is 5. The summed E-state index contributed by atoms with van der Waals surface area (Å²) in [6.45, 7) is 2.12. The molecule has 2 heterocycles. The highest BCUT2D eigenvalue weighted by atomic mass is 35.5. The number of halogens is 1. The Balaban J connectivity index is 2.22. The van der Waals surface area contributed by atoms with Crippen LogP contribution in [0.5, 0.6) is 0 Å². The van der Waals surface area contributed by atoms with Gasteiger partial charge in [0.05, 0.1) is 0 Å². The monoisotopic (exact) mass is 239 g/mol. The van der Waals surface area contributed by atoms with E-state index in [0.29, 0.717) is 11.9 Å². The number of alkyl halides is 1. The van der Waals surface area contributed by atoms with Crippen LogP contribution < -0.4 is 5.32 Å². The maximum absolute atomic E-state index is 5.74. The second-order valence-corrected chi connectivity index (χ2v) is 3.94. The Morgan fingerprint density at radius 2 is 2.44 bits per heavy atom. The van der Waals surface area contributed by atoms with Gasteiger partial charge in [0, 0.05) is 24.3 Å². The van der Waals surface area contributed by atoms with E-state index in [1.807, 2.05) is 10.6 Å². The van der Waals surface area contributed by atoms with Crippen molar-refractivity contribution in [3.63, 3.8) is 0 Å². The molecule has 0 aromatic carbocycles. The van der Waals surface area contributed by atoms with E-state index in [1.54, 1.807) is 12.5 Å². The molecule has 5 nitrogen and oxygen atoms in total. The van der Waals surface area contributed by atoms with E-state index in [1.165, 1.54) is 0 Å². The number of hydrogen-bond donors (Lipinski definition) is 1. The summed E-state index contributed by atoms with van der Waals surface area (Å²) in [5.41, 5.74) is 0.746. The summed E-state index contributed by atoms with van der Waals surface area (Å²) >= 11 is 5.74. The SMILES string of the molecule is CCC(CCCl)Nc1nccn2cnnc12. The quantitative estimate of drug-likeness (QED) is 0.811. The van der Waals surface area contributed by atoms with Crippen LogP contribution in [0.25, 0.3) is 5.65 Å². The standard InChI is InChI=1S/C10H14ClN5/c1-2-8(3-4-11)14-9-10-15-13-7-16(10)6-5-12-9/h5-8H,2-4H2,1H3,(H,12,14). The number of nitrogens with one attached hydrogen (secondary N) is 1. The van der Waals surface area contributed by atoms with Gasteiger partial charge in [-0.05, 0) is 12.8 Å². The highest BCUT2D eigenvalue weighted by Crippen LogP contribution is 2.13. The lowest BCUT2D eigenvalue weighted by atomic mass is 10.2. The number of anilines is 1. The van der Waals surface area contributed by atoms with Gasteiger partial charge in [0.25, 0.3) is 0 Å². The Kier molecular flexibility index (Phi) is 3.56. The molecule has 1 unspecified atom stereocenters. The number of aromatic nitrogens is 4. The first-order chi connectivity index (χ1) is 7.85. The molecule has 16 heavy (non-hydrogen) atoms. The molecule has 0 aliphatic rings. The van der Waals surface area contributed by atoms with E-state index in [4.69, 9.17) is 11.6 Å². The van der Waals surface area contributed by atoms with Crippen molar-refractivity contribution in [2.75, 3.05) is 11.2 Å². The van der Waals surface area contributed by atoms with Crippen LogP contribution in [0.3, 0.4) is 0 Å². The van der Waals surface area contributed by atoms with Crippen molar-refractivity contribution in [1.82, 2.24) is 19.6 Å². The fourth-order valence-corrected chi connectivity index (χ4v) is 1.83. The molecular formula is C10H14ClN5. The molecule has 0 radical (unpaired) electrons. The molecular weight excluding hydrogens is 226 g/mol. The average molecular weight is 240 g/mol. The van der Waals surface area contributed by atoms with Crippen molar-refractivity contribution in [1.29, 1.82) is 0 Å². The van der Waals surface area contributed by atoms with Crippen molar-refractivity contribution in [2.45, 2.75) is 25.8 Å². The lowest BCUT2D eigenvalue weighted by Crippen LogP contribution is -2.20. The first-order valence-corrected chi connectivity index (χ1v) is 5.85. The zero-order valence-electron chi connectivity index (χ0n) is 9.10. The third-order valence-corrected chi connectivity index (χ3v) is 2.73. The molecule has 2 aromatic rings. The second-order valence-electron chi connectivity index (χ2n) is 3.56. The van der Waals surface area contributed by atoms with E-state index in [9.17, 15) is 0 Å². The molecule has 0 spiro atoms. The third kappa shape index (κ3) is 2.24. The smallest absolute Gasteiger partial charge is 0.203 e. The Bertz CT molecular complexity index is 455. The van der Waals surface area contributed by atoms with Crippen LogP contribution in [-0.4, -0.2) is 31.5 Å². The molecule has 6 heteroatoms. The Morgan fingerprint density at radius 1 is 1.56 bits per heavy atom. The lowest BCUT2D eigenvalue weighted by molar-refractivity contribution is 0.672. The first-order valence-electron chi connectivity index (χ1n) is 5.32. The number of nitrogens with zero attached hydrogens (tertiary/aromatic N) is 4. The summed E-state index contributed by atoms with van der Waals surface area (Å²) < 4.78 is 1.84. The summed E-state index contributed by atoms with van der Waals surface area (Å²) in [7, 11) is 0. The van der Waals surface area contributed by atoms with Crippen molar-refractivity contribution >= 4 is 23.1 Å². The summed E-state index contributed by atoms with van der Waals surface area (Å²) in [4.78, 5) is 4.27. The van der Waals surface area contributed by atoms with E-state index in [-0.39, 0.29) is 0 Å². The summed E-state index contributed by atoms with van der Waals surface area (Å²) in [6.07, 6.45) is 7.12. The highest BCUT2D eigenvalue weighted by molar-refractivity contribution is 6.17. The van der Waals surface area contributed by atoms with Gasteiger partial charge >= 0.3 is 0 Å². The van der Waals surface area contributed by atoms with Crippen LogP contribution in [0.4, 0.5) is 5.82 Å². The van der Waals surface area contributed by atoms with E-state index in [0.717, 1.165) is 24.3 Å². The third-order valence-electron chi connectivity index (χ3n) is 2.51. The number of hydrogen-bond acceptors (Lipinski definition) is 4. The van der Waals surface area contributed by atoms with Gasteiger partial charge in [-0.2, -0.15) is 0 Å². The fraction of sp³-hybridized carbons (Fsp3) is 0.500. The van der Waals surface area contributed by atoms with Gasteiger partial charge in [0.1, 0.15) is 6.33 Å². The van der Waals surface area contributed by atoms with E-state index in [2.05, 4.69) is 27.4 Å². The van der Waals surface area contributed by atoms with Crippen LogP contribution in [0.1, 0.15) is 19.8 Å². The summed E-state index contributed by atoms with van der Waals surface area (Å²) in [5, 5.41) is 11.2. The van der Waals surface area contributed by atoms with Crippen molar-refractivity contribution in [3.05, 3.63) is 18.7 Å². The van der Waals surface area contributed by atoms with Crippen LogP contribution in [0.15, 0.2) is 18.7 Å². The zero-order chi connectivity index (χ0) is 11.4. The fourth-order valence-electron chi connectivity index (χ4n) is 1.56. The second kappa shape index (κ2) is 5.12. The van der Waals surface area contributed by atoms with E-state index < -0.39 is 0 Å². The molecule has 0 saturated carbocycles. The predicted octanol–water partition coefficient (Wildman–Crippen LogP) is 1.94. The minimum Gasteiger partial charge on any atom is -0.364 e. The van der Waals surface area contributed by atoms with Gasteiger partial charge in [0.2, 0.25) is 5.65 Å². The molecule has 0 amide bonds. The molecule has 0 bridgehead atoms. The van der Waals surface area contributed by atoms with Gasteiger partial charge in [-0.15, -0.1) is 21.8 Å². The molecule has 2 rings (SSSR count). The van der Waals surface area contributed by atoms with E-state index >= 15 is 0 Å². The lowest BCUT2D eigenvalue weighted by Gasteiger charge is -2.16. The Hall–Kier alpha value is -1.36. The Morgan fingerprint density at radius 3 is 3.19 bits per heavy atom. The van der Waals surface area contributed by atoms with Crippen molar-refractivity contribution in [2.24, 2.45) is 0 Å². The maximum atomic E-state index is 5.74. The summed E-state index contributed by atoms with van der Waals surface area (Å²) in [5.74, 6) is 1.40. The molecule has 0 aliphatic heterocycles. The topological polar surface area (TPSA) is 55.1 Å². The minimum absolute atomic E-state index is 0.327. The van der Waals surface area contributed by atoms with Crippen LogP contribution >= 0.6 is 11.6 Å². The first kappa shape index (κ1) is 11.1. The average Bonchev–Trinajstić information content (AvgIpc) is 2.77. The normalized spacial score (nSPS) is 12.9. The predicted molar refractivity (Wildman–Crippen MR) is 63.8 cm³/mol. The van der Waals surface area contributed by atoms with Crippen molar-refractivity contribution in [3.8, 4) is 0 Å². The minimum atomic E-state index is 0.327. The molecule has 86 valence electrons. The molecule has 0 fully saturated rings. The molecule has 1 atom stereocenters. The molecule has 2 aromatic heterocycles. The maximum Gasteiger partial charge on any atom is 0.203 e. The van der Waals surface area contributed by atoms with Crippen molar-refractivity contribution < 1.29 is 0 Å². The molecule has 1 N–H and O–H groups in total. The van der Waals surface area contributed by atoms with Gasteiger partial charge in [-0.1, -0.05) is 6.92 Å². The largest absolute Gasteiger partial charge is 0.364 e. The van der Waals surface area contributed by atoms with Crippen LogP contribution in [0, 0.1) is 0 Å². The van der Waals surface area contributed by atoms with Gasteiger partial charge < -0.3 is 5.32 Å². The molecule has 0 saturated heterocycles. The highest BCUT2D eigenvalue weighted by Gasteiger charge is 2.10. The number of fused-ring (bicyclic) bond motifs is 1. The zero-order valence-corrected chi connectivity index (χ0v) is 9.85. The summed E-state index contributed by atoms with van der Waals surface area (Å²) in [6, 6.07) is 0.327.